The molecular weight excluding hydrogens is 326 g/mol. The van der Waals surface area contributed by atoms with Crippen LogP contribution in [-0.4, -0.2) is 43.9 Å². The molecule has 0 aromatic heterocycles. The van der Waals surface area contributed by atoms with E-state index in [9.17, 15) is 9.59 Å². The number of amides is 2. The summed E-state index contributed by atoms with van der Waals surface area (Å²) < 4.78 is 0. The Morgan fingerprint density at radius 2 is 1.42 bits per heavy atom. The van der Waals surface area contributed by atoms with Gasteiger partial charge in [-0.05, 0) is 76.3 Å². The molecule has 0 heterocycles. The van der Waals surface area contributed by atoms with Crippen LogP contribution in [0.1, 0.15) is 38.3 Å². The second-order valence-corrected chi connectivity index (χ2v) is 6.71. The van der Waals surface area contributed by atoms with E-state index < -0.39 is 0 Å². The van der Waals surface area contributed by atoms with Gasteiger partial charge in [0.05, 0.1) is 0 Å². The summed E-state index contributed by atoms with van der Waals surface area (Å²) >= 11 is 0. The molecule has 0 atom stereocenters. The van der Waals surface area contributed by atoms with Crippen LogP contribution in [0.5, 0.6) is 0 Å². The lowest BCUT2D eigenvalue weighted by molar-refractivity contribution is 0.0950. The van der Waals surface area contributed by atoms with Crippen molar-refractivity contribution in [2.24, 2.45) is 0 Å². The molecule has 2 amide bonds. The second kappa shape index (κ2) is 9.15. The Bertz CT molecular complexity index is 747. The highest BCUT2D eigenvalue weighted by molar-refractivity contribution is 6.05. The van der Waals surface area contributed by atoms with Crippen molar-refractivity contribution in [2.75, 3.05) is 32.5 Å². The van der Waals surface area contributed by atoms with Crippen molar-refractivity contribution in [2.45, 2.75) is 20.3 Å². The lowest BCUT2D eigenvalue weighted by atomic mass is 10.1. The van der Waals surface area contributed by atoms with E-state index in [1.54, 1.807) is 24.3 Å². The van der Waals surface area contributed by atoms with E-state index in [2.05, 4.69) is 15.5 Å². The fraction of sp³-hybridized carbons (Fsp3) is 0.333. The first-order chi connectivity index (χ1) is 12.4. The van der Waals surface area contributed by atoms with Gasteiger partial charge in [0.1, 0.15) is 0 Å². The predicted molar refractivity (Wildman–Crippen MR) is 106 cm³/mol. The molecule has 2 aromatic carbocycles. The van der Waals surface area contributed by atoms with Crippen LogP contribution in [0.2, 0.25) is 0 Å². The zero-order valence-corrected chi connectivity index (χ0v) is 15.9. The summed E-state index contributed by atoms with van der Waals surface area (Å²) in [5.74, 6) is -0.300. The number of nitrogens with zero attached hydrogens (tertiary/aromatic N) is 1. The number of benzene rings is 2. The lowest BCUT2D eigenvalue weighted by Crippen LogP contribution is -2.27. The molecule has 0 unspecified atom stereocenters. The number of nitrogens with one attached hydrogen (secondary N) is 2. The Labute approximate surface area is 155 Å². The third kappa shape index (κ3) is 5.43. The summed E-state index contributed by atoms with van der Waals surface area (Å²) in [6.07, 6.45) is 0.898. The first-order valence-corrected chi connectivity index (χ1v) is 8.79. The Morgan fingerprint density at radius 1 is 0.885 bits per heavy atom. The van der Waals surface area contributed by atoms with Crippen LogP contribution in [0.15, 0.2) is 42.5 Å². The van der Waals surface area contributed by atoms with Crippen LogP contribution in [0, 0.1) is 13.8 Å². The zero-order chi connectivity index (χ0) is 19.1. The largest absolute Gasteiger partial charge is 0.352 e. The smallest absolute Gasteiger partial charge is 0.255 e. The summed E-state index contributed by atoms with van der Waals surface area (Å²) in [5, 5.41) is 5.84. The number of aryl methyl sites for hydroxylation is 2. The number of carbonyl (C=O) groups is 2. The second-order valence-electron chi connectivity index (χ2n) is 6.71. The molecule has 2 N–H and O–H groups in total. The van der Waals surface area contributed by atoms with Crippen molar-refractivity contribution in [1.29, 1.82) is 0 Å². The molecule has 5 heteroatoms. The van der Waals surface area contributed by atoms with Crippen molar-refractivity contribution in [3.63, 3.8) is 0 Å². The quantitative estimate of drug-likeness (QED) is 0.751. The zero-order valence-electron chi connectivity index (χ0n) is 15.9. The Morgan fingerprint density at radius 3 is 1.96 bits per heavy atom. The molecule has 0 spiro atoms. The average Bonchev–Trinajstić information content (AvgIpc) is 2.61. The molecule has 0 bridgehead atoms. The molecule has 138 valence electrons. The topological polar surface area (TPSA) is 61.4 Å². The van der Waals surface area contributed by atoms with Gasteiger partial charge < -0.3 is 15.5 Å². The van der Waals surface area contributed by atoms with Crippen molar-refractivity contribution < 1.29 is 9.59 Å². The van der Waals surface area contributed by atoms with Crippen LogP contribution in [0.4, 0.5) is 5.69 Å². The molecule has 2 aromatic rings. The third-order valence-electron chi connectivity index (χ3n) is 4.20. The van der Waals surface area contributed by atoms with Crippen LogP contribution in [0.25, 0.3) is 0 Å². The summed E-state index contributed by atoms with van der Waals surface area (Å²) in [6, 6.07) is 12.6. The van der Waals surface area contributed by atoms with Gasteiger partial charge in [0, 0.05) is 23.4 Å². The molecular formula is C21H27N3O2. The third-order valence-corrected chi connectivity index (χ3v) is 4.20. The highest BCUT2D eigenvalue weighted by Gasteiger charge is 2.11. The van der Waals surface area contributed by atoms with E-state index in [-0.39, 0.29) is 11.8 Å². The lowest BCUT2D eigenvalue weighted by Gasteiger charge is -2.12. The first kappa shape index (κ1) is 19.7. The average molecular weight is 353 g/mol. The minimum Gasteiger partial charge on any atom is -0.352 e. The van der Waals surface area contributed by atoms with Crippen LogP contribution >= 0.6 is 0 Å². The molecule has 0 fully saturated rings. The molecule has 0 saturated heterocycles. The normalized spacial score (nSPS) is 10.7. The number of hydrogen-bond acceptors (Lipinski definition) is 3. The predicted octanol–water partition coefficient (Wildman–Crippen LogP) is 3.24. The molecule has 0 saturated carbocycles. The Hall–Kier alpha value is -2.66. The van der Waals surface area contributed by atoms with Gasteiger partial charge in [-0.2, -0.15) is 0 Å². The summed E-state index contributed by atoms with van der Waals surface area (Å²) in [5.41, 5.74) is 3.95. The highest BCUT2D eigenvalue weighted by Crippen LogP contribution is 2.20. The summed E-state index contributed by atoms with van der Waals surface area (Å²) in [6.45, 7) is 5.49. The van der Waals surface area contributed by atoms with E-state index in [4.69, 9.17) is 0 Å². The van der Waals surface area contributed by atoms with Gasteiger partial charge in [-0.15, -0.1) is 0 Å². The van der Waals surface area contributed by atoms with Gasteiger partial charge in [-0.3, -0.25) is 9.59 Å². The number of rotatable bonds is 7. The highest BCUT2D eigenvalue weighted by atomic mass is 16.2. The number of para-hydroxylation sites is 1. The van der Waals surface area contributed by atoms with Gasteiger partial charge in [0.25, 0.3) is 11.8 Å². The SMILES string of the molecule is Cc1cccc(C)c1NC(=O)c1ccc(C(=O)NCCCN(C)C)cc1. The monoisotopic (exact) mass is 353 g/mol. The molecule has 5 nitrogen and oxygen atoms in total. The maximum absolute atomic E-state index is 12.5. The minimum atomic E-state index is -0.180. The molecule has 0 aliphatic heterocycles. The summed E-state index contributed by atoms with van der Waals surface area (Å²) in [7, 11) is 4.01. The van der Waals surface area contributed by atoms with Crippen LogP contribution < -0.4 is 10.6 Å². The standard InChI is InChI=1S/C21H27N3O2/c1-15-7-5-8-16(2)19(15)23-21(26)18-11-9-17(10-12-18)20(25)22-13-6-14-24(3)4/h5,7-12H,6,13-14H2,1-4H3,(H,22,25)(H,23,26). The molecule has 0 aliphatic carbocycles. The van der Waals surface area contributed by atoms with Crippen LogP contribution in [-0.2, 0) is 0 Å². The molecule has 2 rings (SSSR count). The number of carbonyl (C=O) groups excluding carboxylic acids is 2. The fourth-order valence-corrected chi connectivity index (χ4v) is 2.67. The van der Waals surface area contributed by atoms with Crippen molar-refractivity contribution in [3.05, 3.63) is 64.7 Å². The Kier molecular flexibility index (Phi) is 6.92. The van der Waals surface area contributed by atoms with E-state index in [0.29, 0.717) is 17.7 Å². The fourth-order valence-electron chi connectivity index (χ4n) is 2.67. The van der Waals surface area contributed by atoms with Crippen molar-refractivity contribution >= 4 is 17.5 Å². The maximum Gasteiger partial charge on any atom is 0.255 e. The molecule has 0 aliphatic rings. The number of hydrogen-bond donors (Lipinski definition) is 2. The van der Waals surface area contributed by atoms with E-state index in [1.165, 1.54) is 0 Å². The molecule has 26 heavy (non-hydrogen) atoms. The van der Waals surface area contributed by atoms with Gasteiger partial charge in [-0.1, -0.05) is 18.2 Å². The first-order valence-electron chi connectivity index (χ1n) is 8.79. The van der Waals surface area contributed by atoms with Gasteiger partial charge in [0.15, 0.2) is 0 Å². The maximum atomic E-state index is 12.5. The van der Waals surface area contributed by atoms with Crippen LogP contribution in [0.3, 0.4) is 0 Å². The Balaban J connectivity index is 1.96. The molecule has 0 radical (unpaired) electrons. The number of anilines is 1. The van der Waals surface area contributed by atoms with Crippen molar-refractivity contribution in [1.82, 2.24) is 10.2 Å². The summed E-state index contributed by atoms with van der Waals surface area (Å²) in [4.78, 5) is 26.7. The van der Waals surface area contributed by atoms with Gasteiger partial charge >= 0.3 is 0 Å². The van der Waals surface area contributed by atoms with Crippen molar-refractivity contribution in [3.8, 4) is 0 Å². The van der Waals surface area contributed by atoms with E-state index in [0.717, 1.165) is 29.8 Å². The minimum absolute atomic E-state index is 0.120. The van der Waals surface area contributed by atoms with Gasteiger partial charge in [0.2, 0.25) is 0 Å². The van der Waals surface area contributed by atoms with E-state index >= 15 is 0 Å². The van der Waals surface area contributed by atoms with E-state index in [1.807, 2.05) is 46.1 Å². The van der Waals surface area contributed by atoms with Gasteiger partial charge in [-0.25, -0.2) is 0 Å².